The molecule has 2 heterocycles. The number of rotatable bonds is 4. The summed E-state index contributed by atoms with van der Waals surface area (Å²) in [6.07, 6.45) is 1.09. The molecule has 0 amide bonds. The van der Waals surface area contributed by atoms with E-state index in [0.717, 1.165) is 48.5 Å². The minimum absolute atomic E-state index is 0.334. The van der Waals surface area contributed by atoms with E-state index in [1.165, 1.54) is 5.56 Å². The van der Waals surface area contributed by atoms with Gasteiger partial charge in [0, 0.05) is 19.0 Å². The Bertz CT molecular complexity index is 914. The fourth-order valence-corrected chi connectivity index (χ4v) is 3.55. The van der Waals surface area contributed by atoms with Crippen LogP contribution in [0.4, 0.5) is 0 Å². The first kappa shape index (κ1) is 15.8. The van der Waals surface area contributed by atoms with E-state index in [2.05, 4.69) is 35.0 Å². The number of benzene rings is 2. The normalized spacial score (nSPS) is 18.0. The molecule has 0 spiro atoms. The van der Waals surface area contributed by atoms with E-state index >= 15 is 0 Å². The van der Waals surface area contributed by atoms with Crippen LogP contribution < -0.4 is 0 Å². The summed E-state index contributed by atoms with van der Waals surface area (Å²) in [7, 11) is 0. The topological polar surface area (TPSA) is 69.2 Å². The van der Waals surface area contributed by atoms with E-state index in [9.17, 15) is 4.79 Å². The van der Waals surface area contributed by atoms with Crippen molar-refractivity contribution in [1.29, 1.82) is 0 Å². The van der Waals surface area contributed by atoms with Crippen LogP contribution in [-0.2, 0) is 6.54 Å². The number of aromatic nitrogens is 2. The number of hydrogen-bond acceptors (Lipinski definition) is 3. The molecule has 0 radical (unpaired) electrons. The van der Waals surface area contributed by atoms with Gasteiger partial charge in [0.05, 0.1) is 16.6 Å². The summed E-state index contributed by atoms with van der Waals surface area (Å²) >= 11 is 0. The van der Waals surface area contributed by atoms with Gasteiger partial charge in [-0.2, -0.15) is 0 Å². The second-order valence-electron chi connectivity index (χ2n) is 6.87. The Morgan fingerprint density at radius 2 is 2.08 bits per heavy atom. The van der Waals surface area contributed by atoms with Crippen LogP contribution in [0.3, 0.4) is 0 Å². The molecule has 1 aromatic heterocycles. The highest BCUT2D eigenvalue weighted by molar-refractivity contribution is 5.87. The molecule has 0 unspecified atom stereocenters. The largest absolute Gasteiger partial charge is 0.478 e. The van der Waals surface area contributed by atoms with Gasteiger partial charge in [0.15, 0.2) is 0 Å². The minimum atomic E-state index is -0.882. The van der Waals surface area contributed by atoms with Crippen molar-refractivity contribution in [3.63, 3.8) is 0 Å². The molecule has 2 N–H and O–H groups in total. The lowest BCUT2D eigenvalue weighted by Gasteiger charge is -2.15. The van der Waals surface area contributed by atoms with Crippen molar-refractivity contribution in [1.82, 2.24) is 14.9 Å². The van der Waals surface area contributed by atoms with Gasteiger partial charge < -0.3 is 10.1 Å². The molecule has 128 valence electrons. The molecule has 0 bridgehead atoms. The zero-order chi connectivity index (χ0) is 17.4. The number of likely N-dealkylation sites (tertiary alicyclic amines) is 1. The third kappa shape index (κ3) is 3.28. The fraction of sp³-hybridized carbons (Fsp3) is 0.300. The number of H-pyrrole nitrogens is 1. The van der Waals surface area contributed by atoms with Crippen LogP contribution >= 0.6 is 0 Å². The number of carbonyl (C=O) groups is 1. The molecule has 1 aliphatic rings. The maximum atomic E-state index is 10.9. The molecule has 3 aromatic rings. The number of nitrogens with one attached hydrogen (secondary N) is 1. The number of aryl methyl sites for hydroxylation is 1. The SMILES string of the molecule is Cc1ccc2nc([C@H]3CCN(Cc4ccc(C(=O)O)cc4)C3)[nH]c2c1. The first-order chi connectivity index (χ1) is 12.1. The molecule has 1 aliphatic heterocycles. The van der Waals surface area contributed by atoms with Crippen molar-refractivity contribution in [3.05, 3.63) is 65.0 Å². The number of nitrogens with zero attached hydrogens (tertiary/aromatic N) is 2. The van der Waals surface area contributed by atoms with Crippen LogP contribution in [0, 0.1) is 6.92 Å². The van der Waals surface area contributed by atoms with Crippen molar-refractivity contribution in [2.75, 3.05) is 13.1 Å². The molecular weight excluding hydrogens is 314 g/mol. The number of imidazole rings is 1. The Labute approximate surface area is 146 Å². The van der Waals surface area contributed by atoms with Crippen molar-refractivity contribution in [3.8, 4) is 0 Å². The van der Waals surface area contributed by atoms with Crippen LogP contribution in [0.5, 0.6) is 0 Å². The second-order valence-corrected chi connectivity index (χ2v) is 6.87. The van der Waals surface area contributed by atoms with Crippen molar-refractivity contribution >= 4 is 17.0 Å². The molecule has 25 heavy (non-hydrogen) atoms. The van der Waals surface area contributed by atoms with Gasteiger partial charge in [-0.15, -0.1) is 0 Å². The Balaban J connectivity index is 1.44. The molecule has 4 rings (SSSR count). The van der Waals surface area contributed by atoms with Gasteiger partial charge in [-0.05, 0) is 55.3 Å². The lowest BCUT2D eigenvalue weighted by atomic mass is 10.1. The minimum Gasteiger partial charge on any atom is -0.478 e. The lowest BCUT2D eigenvalue weighted by molar-refractivity contribution is 0.0697. The van der Waals surface area contributed by atoms with Crippen molar-refractivity contribution in [2.24, 2.45) is 0 Å². The van der Waals surface area contributed by atoms with Crippen molar-refractivity contribution < 1.29 is 9.90 Å². The summed E-state index contributed by atoms with van der Waals surface area (Å²) in [6, 6.07) is 13.5. The van der Waals surface area contributed by atoms with E-state index in [-0.39, 0.29) is 0 Å². The van der Waals surface area contributed by atoms with Gasteiger partial charge in [-0.25, -0.2) is 9.78 Å². The Hall–Kier alpha value is -2.66. The molecule has 1 fully saturated rings. The first-order valence-electron chi connectivity index (χ1n) is 8.59. The standard InChI is InChI=1S/C20H21N3O2/c1-13-2-7-17-18(10-13)22-19(21-17)16-8-9-23(12-16)11-14-3-5-15(6-4-14)20(24)25/h2-7,10,16H,8-9,11-12H2,1H3,(H,21,22)(H,24,25)/t16-/m0/s1. The highest BCUT2D eigenvalue weighted by Crippen LogP contribution is 2.28. The predicted octanol–water partition coefficient (Wildman–Crippen LogP) is 3.56. The van der Waals surface area contributed by atoms with Gasteiger partial charge in [-0.3, -0.25) is 4.90 Å². The summed E-state index contributed by atoms with van der Waals surface area (Å²) in [5.41, 5.74) is 4.85. The molecule has 1 saturated heterocycles. The van der Waals surface area contributed by atoms with E-state index in [1.54, 1.807) is 12.1 Å². The van der Waals surface area contributed by atoms with Gasteiger partial charge in [-0.1, -0.05) is 18.2 Å². The number of carboxylic acid groups (broad SMARTS) is 1. The van der Waals surface area contributed by atoms with Gasteiger partial charge >= 0.3 is 5.97 Å². The van der Waals surface area contributed by atoms with Crippen molar-refractivity contribution in [2.45, 2.75) is 25.8 Å². The predicted molar refractivity (Wildman–Crippen MR) is 96.9 cm³/mol. The quantitative estimate of drug-likeness (QED) is 0.765. The third-order valence-electron chi connectivity index (χ3n) is 4.92. The Kier molecular flexibility index (Phi) is 4.01. The first-order valence-corrected chi connectivity index (χ1v) is 8.59. The number of aromatic amines is 1. The highest BCUT2D eigenvalue weighted by atomic mass is 16.4. The van der Waals surface area contributed by atoms with E-state index in [0.29, 0.717) is 11.5 Å². The second kappa shape index (κ2) is 6.33. The van der Waals surface area contributed by atoms with Crippen LogP contribution in [0.15, 0.2) is 42.5 Å². The molecule has 0 aliphatic carbocycles. The zero-order valence-electron chi connectivity index (χ0n) is 14.2. The van der Waals surface area contributed by atoms with E-state index in [4.69, 9.17) is 10.1 Å². The fourth-order valence-electron chi connectivity index (χ4n) is 3.55. The Morgan fingerprint density at radius 3 is 2.84 bits per heavy atom. The average molecular weight is 335 g/mol. The van der Waals surface area contributed by atoms with Crippen LogP contribution in [0.2, 0.25) is 0 Å². The summed E-state index contributed by atoms with van der Waals surface area (Å²) in [5.74, 6) is 0.614. The van der Waals surface area contributed by atoms with Crippen LogP contribution in [0.25, 0.3) is 11.0 Å². The van der Waals surface area contributed by atoms with E-state index < -0.39 is 5.97 Å². The van der Waals surface area contributed by atoms with E-state index in [1.807, 2.05) is 12.1 Å². The molecule has 5 nitrogen and oxygen atoms in total. The summed E-state index contributed by atoms with van der Waals surface area (Å²) < 4.78 is 0. The number of aromatic carboxylic acids is 1. The average Bonchev–Trinajstić information content (AvgIpc) is 3.21. The maximum absolute atomic E-state index is 10.9. The molecule has 0 saturated carbocycles. The van der Waals surface area contributed by atoms with Gasteiger partial charge in [0.1, 0.15) is 5.82 Å². The van der Waals surface area contributed by atoms with Gasteiger partial charge in [0.25, 0.3) is 0 Å². The monoisotopic (exact) mass is 335 g/mol. The number of fused-ring (bicyclic) bond motifs is 1. The zero-order valence-corrected chi connectivity index (χ0v) is 14.2. The Morgan fingerprint density at radius 1 is 1.28 bits per heavy atom. The smallest absolute Gasteiger partial charge is 0.335 e. The number of hydrogen-bond donors (Lipinski definition) is 2. The molecule has 1 atom stereocenters. The molecule has 5 heteroatoms. The molecule has 2 aromatic carbocycles. The van der Waals surface area contributed by atoms with Gasteiger partial charge in [0.2, 0.25) is 0 Å². The maximum Gasteiger partial charge on any atom is 0.335 e. The highest BCUT2D eigenvalue weighted by Gasteiger charge is 2.26. The van der Waals surface area contributed by atoms with Crippen LogP contribution in [0.1, 0.15) is 39.6 Å². The molecular formula is C20H21N3O2. The third-order valence-corrected chi connectivity index (χ3v) is 4.92. The summed E-state index contributed by atoms with van der Waals surface area (Å²) in [5, 5.41) is 8.98. The van der Waals surface area contributed by atoms with Crippen LogP contribution in [-0.4, -0.2) is 39.0 Å². The summed E-state index contributed by atoms with van der Waals surface area (Å²) in [4.78, 5) is 21.6. The number of carboxylic acids is 1. The summed E-state index contributed by atoms with van der Waals surface area (Å²) in [6.45, 7) is 4.93. The lowest BCUT2D eigenvalue weighted by Crippen LogP contribution is -2.20.